The zero-order valence-corrected chi connectivity index (χ0v) is 15.8. The first-order valence-electron chi connectivity index (χ1n) is 9.40. The van der Waals surface area contributed by atoms with Crippen molar-refractivity contribution in [3.8, 4) is 0 Å². The molecule has 0 bridgehead atoms. The van der Waals surface area contributed by atoms with E-state index in [4.69, 9.17) is 0 Å². The Bertz CT molecular complexity index is 489. The number of likely N-dealkylation sites (N-methyl/N-ethyl adjacent to an activating group) is 1. The van der Waals surface area contributed by atoms with E-state index < -0.39 is 0 Å². The fourth-order valence-corrected chi connectivity index (χ4v) is 3.78. The van der Waals surface area contributed by atoms with Crippen molar-refractivity contribution in [1.29, 1.82) is 0 Å². The second-order valence-corrected chi connectivity index (χ2v) is 7.42. The number of amides is 4. The molecule has 4 amide bonds. The fraction of sp³-hybridized carbons (Fsp3) is 0.833. The van der Waals surface area contributed by atoms with Crippen LogP contribution in [-0.4, -0.2) is 79.9 Å². The van der Waals surface area contributed by atoms with Crippen LogP contribution in [0.1, 0.15) is 38.5 Å². The van der Waals surface area contributed by atoms with E-state index in [0.29, 0.717) is 13.1 Å². The zero-order valence-electron chi connectivity index (χ0n) is 15.8. The lowest BCUT2D eigenvalue weighted by molar-refractivity contribution is -0.146. The van der Waals surface area contributed by atoms with Gasteiger partial charge in [0.1, 0.15) is 0 Å². The average molecular weight is 352 g/mol. The number of nitrogens with zero attached hydrogens (tertiary/aromatic N) is 3. The van der Waals surface area contributed by atoms with Gasteiger partial charge in [-0.2, -0.15) is 0 Å². The minimum Gasteiger partial charge on any atom is -0.344 e. The Hall–Kier alpha value is -1.79. The molecule has 1 saturated heterocycles. The van der Waals surface area contributed by atoms with Crippen LogP contribution in [0, 0.1) is 11.8 Å². The van der Waals surface area contributed by atoms with Gasteiger partial charge in [-0.05, 0) is 25.7 Å². The van der Waals surface area contributed by atoms with Crippen molar-refractivity contribution >= 4 is 17.8 Å². The Morgan fingerprint density at radius 3 is 2.16 bits per heavy atom. The first-order valence-corrected chi connectivity index (χ1v) is 9.40. The molecule has 1 N–H and O–H groups in total. The highest BCUT2D eigenvalue weighted by Gasteiger charge is 2.39. The molecule has 1 aliphatic carbocycles. The van der Waals surface area contributed by atoms with Crippen molar-refractivity contribution < 1.29 is 14.4 Å². The number of hydrogen-bond acceptors (Lipinski definition) is 3. The minimum atomic E-state index is -0.212. The highest BCUT2D eigenvalue weighted by atomic mass is 16.2. The molecular weight excluding hydrogens is 320 g/mol. The van der Waals surface area contributed by atoms with E-state index in [0.717, 1.165) is 51.6 Å². The number of likely N-dealkylation sites (tertiary alicyclic amines) is 1. The Kier molecular flexibility index (Phi) is 7.08. The summed E-state index contributed by atoms with van der Waals surface area (Å²) in [5.74, 6) is -0.171. The molecule has 2 atom stereocenters. The van der Waals surface area contributed by atoms with Crippen molar-refractivity contribution in [3.05, 3.63) is 0 Å². The van der Waals surface area contributed by atoms with Crippen molar-refractivity contribution in [2.24, 2.45) is 11.8 Å². The van der Waals surface area contributed by atoms with Gasteiger partial charge in [0.2, 0.25) is 11.8 Å². The highest BCUT2D eigenvalue weighted by Crippen LogP contribution is 2.33. The molecule has 1 saturated carbocycles. The summed E-state index contributed by atoms with van der Waals surface area (Å²) < 4.78 is 0. The van der Waals surface area contributed by atoms with Gasteiger partial charge in [-0.25, -0.2) is 4.79 Å². The summed E-state index contributed by atoms with van der Waals surface area (Å²) in [6.45, 7) is 2.54. The van der Waals surface area contributed by atoms with Crippen molar-refractivity contribution in [3.63, 3.8) is 0 Å². The number of carbonyl (C=O) groups is 3. The van der Waals surface area contributed by atoms with Crippen molar-refractivity contribution in [1.82, 2.24) is 20.0 Å². The lowest BCUT2D eigenvalue weighted by atomic mass is 9.77. The zero-order chi connectivity index (χ0) is 18.4. The molecule has 7 heteroatoms. The van der Waals surface area contributed by atoms with Gasteiger partial charge in [-0.15, -0.1) is 0 Å². The lowest BCUT2D eigenvalue weighted by Gasteiger charge is -2.34. The first kappa shape index (κ1) is 19.5. The van der Waals surface area contributed by atoms with Crippen LogP contribution in [0.2, 0.25) is 0 Å². The van der Waals surface area contributed by atoms with Crippen LogP contribution in [0.5, 0.6) is 0 Å². The smallest absolute Gasteiger partial charge is 0.316 e. The molecule has 0 spiro atoms. The van der Waals surface area contributed by atoms with Gasteiger partial charge in [-0.3, -0.25) is 9.59 Å². The quantitative estimate of drug-likeness (QED) is 0.806. The van der Waals surface area contributed by atoms with Crippen LogP contribution < -0.4 is 5.32 Å². The standard InChI is InChI=1S/C18H32N4O3/c1-20(2)18(25)19-10-13-21(3)16(23)14-8-4-5-9-15(14)17(24)22-11-6-7-12-22/h14-15H,4-13H2,1-3H3,(H,19,25)/t14-,15-/m0/s1. The molecule has 0 aromatic heterocycles. The molecule has 7 nitrogen and oxygen atoms in total. The van der Waals surface area contributed by atoms with Crippen LogP contribution >= 0.6 is 0 Å². The number of nitrogens with one attached hydrogen (secondary N) is 1. The van der Waals surface area contributed by atoms with E-state index in [9.17, 15) is 14.4 Å². The van der Waals surface area contributed by atoms with Gasteiger partial charge in [-0.1, -0.05) is 12.8 Å². The molecule has 0 aromatic rings. The number of urea groups is 1. The molecule has 0 unspecified atom stereocenters. The van der Waals surface area contributed by atoms with Crippen LogP contribution in [0.4, 0.5) is 4.79 Å². The van der Waals surface area contributed by atoms with Crippen molar-refractivity contribution in [2.45, 2.75) is 38.5 Å². The second kappa shape index (κ2) is 9.06. The predicted octanol–water partition coefficient (Wildman–Crippen LogP) is 1.14. The van der Waals surface area contributed by atoms with E-state index in [1.165, 1.54) is 4.90 Å². The highest BCUT2D eigenvalue weighted by molar-refractivity contribution is 5.88. The lowest BCUT2D eigenvalue weighted by Crippen LogP contribution is -2.47. The molecule has 1 aliphatic heterocycles. The summed E-state index contributed by atoms with van der Waals surface area (Å²) >= 11 is 0. The van der Waals surface area contributed by atoms with Crippen LogP contribution in [-0.2, 0) is 9.59 Å². The molecule has 2 fully saturated rings. The maximum absolute atomic E-state index is 12.9. The Balaban J connectivity index is 1.90. The average Bonchev–Trinajstić information content (AvgIpc) is 3.14. The number of hydrogen-bond donors (Lipinski definition) is 1. The molecule has 142 valence electrons. The maximum atomic E-state index is 12.9. The van der Waals surface area contributed by atoms with E-state index in [-0.39, 0.29) is 29.7 Å². The summed E-state index contributed by atoms with van der Waals surface area (Å²) in [5.41, 5.74) is 0. The Labute approximate surface area is 150 Å². The monoisotopic (exact) mass is 352 g/mol. The van der Waals surface area contributed by atoms with Crippen LogP contribution in [0.15, 0.2) is 0 Å². The summed E-state index contributed by atoms with van der Waals surface area (Å²) in [7, 11) is 5.12. The van der Waals surface area contributed by atoms with Crippen LogP contribution in [0.3, 0.4) is 0 Å². The Morgan fingerprint density at radius 1 is 0.960 bits per heavy atom. The van der Waals surface area contributed by atoms with Crippen LogP contribution in [0.25, 0.3) is 0 Å². The number of rotatable bonds is 5. The van der Waals surface area contributed by atoms with Gasteiger partial charge in [0.25, 0.3) is 0 Å². The number of carbonyl (C=O) groups excluding carboxylic acids is 3. The van der Waals surface area contributed by atoms with Crippen molar-refractivity contribution in [2.75, 3.05) is 47.3 Å². The third kappa shape index (κ3) is 5.09. The summed E-state index contributed by atoms with van der Waals surface area (Å²) in [5, 5.41) is 2.77. The van der Waals surface area contributed by atoms with Gasteiger partial charge in [0.05, 0.1) is 0 Å². The van der Waals surface area contributed by atoms with Gasteiger partial charge in [0.15, 0.2) is 0 Å². The van der Waals surface area contributed by atoms with Gasteiger partial charge in [0, 0.05) is 59.2 Å². The second-order valence-electron chi connectivity index (χ2n) is 7.42. The molecule has 0 radical (unpaired) electrons. The maximum Gasteiger partial charge on any atom is 0.316 e. The third-order valence-electron chi connectivity index (χ3n) is 5.32. The van der Waals surface area contributed by atoms with Gasteiger partial charge >= 0.3 is 6.03 Å². The molecule has 2 rings (SSSR count). The van der Waals surface area contributed by atoms with E-state index in [1.54, 1.807) is 26.0 Å². The first-order chi connectivity index (χ1) is 11.9. The Morgan fingerprint density at radius 2 is 1.56 bits per heavy atom. The summed E-state index contributed by atoms with van der Waals surface area (Å²) in [6.07, 6.45) is 5.78. The predicted molar refractivity (Wildman–Crippen MR) is 96.0 cm³/mol. The van der Waals surface area contributed by atoms with E-state index >= 15 is 0 Å². The molecule has 2 aliphatic rings. The van der Waals surface area contributed by atoms with E-state index in [1.807, 2.05) is 4.90 Å². The summed E-state index contributed by atoms with van der Waals surface area (Å²) in [6, 6.07) is -0.166. The molecule has 0 aromatic carbocycles. The topological polar surface area (TPSA) is 73.0 Å². The largest absolute Gasteiger partial charge is 0.344 e. The van der Waals surface area contributed by atoms with Gasteiger partial charge < -0.3 is 20.0 Å². The molecular formula is C18H32N4O3. The summed E-state index contributed by atoms with van der Waals surface area (Å²) in [4.78, 5) is 42.3. The SMILES string of the molecule is CN(C)C(=O)NCCN(C)C(=O)[C@H]1CCCC[C@@H]1C(=O)N1CCCC1. The fourth-order valence-electron chi connectivity index (χ4n) is 3.78. The normalized spacial score (nSPS) is 23.2. The third-order valence-corrected chi connectivity index (χ3v) is 5.32. The minimum absolute atomic E-state index is 0.0383. The molecule has 25 heavy (non-hydrogen) atoms. The van der Waals surface area contributed by atoms with E-state index in [2.05, 4.69) is 5.32 Å². The molecule has 1 heterocycles.